The van der Waals surface area contributed by atoms with Crippen molar-refractivity contribution in [2.45, 2.75) is 32.9 Å². The number of aryl methyl sites for hydroxylation is 1. The predicted molar refractivity (Wildman–Crippen MR) is 70.1 cm³/mol. The average Bonchev–Trinajstić information content (AvgIpc) is 2.76. The molecule has 7 heteroatoms. The Morgan fingerprint density at radius 2 is 2.25 bits per heavy atom. The van der Waals surface area contributed by atoms with Crippen LogP contribution in [0.2, 0.25) is 0 Å². The van der Waals surface area contributed by atoms with Crippen LogP contribution < -0.4 is 5.32 Å². The van der Waals surface area contributed by atoms with Crippen LogP contribution in [0, 0.1) is 18.3 Å². The molecular formula is C13H17N3O4. The minimum atomic E-state index is -1.07. The molecule has 0 spiro atoms. The molecule has 0 aliphatic rings. The monoisotopic (exact) mass is 279 g/mol. The molecule has 1 aromatic rings. The lowest BCUT2D eigenvalue weighted by Crippen LogP contribution is -2.41. The number of nitriles is 1. The van der Waals surface area contributed by atoms with E-state index in [1.54, 1.807) is 20.9 Å². The Morgan fingerprint density at radius 3 is 2.75 bits per heavy atom. The molecule has 1 atom stereocenters. The van der Waals surface area contributed by atoms with E-state index in [0.717, 1.165) is 0 Å². The van der Waals surface area contributed by atoms with Crippen molar-refractivity contribution < 1.29 is 19.1 Å². The maximum atomic E-state index is 11.8. The number of urea groups is 1. The SMILES string of the molecule is Cc1oc(CNC(=O)N(C)C(C)CC#N)cc1C(=O)O. The van der Waals surface area contributed by atoms with Gasteiger partial charge >= 0.3 is 12.0 Å². The van der Waals surface area contributed by atoms with Crippen molar-refractivity contribution in [3.8, 4) is 6.07 Å². The quantitative estimate of drug-likeness (QED) is 0.853. The van der Waals surface area contributed by atoms with Crippen LogP contribution >= 0.6 is 0 Å². The first-order chi connectivity index (χ1) is 9.36. The fraction of sp³-hybridized carbons (Fsp3) is 0.462. The number of nitrogens with zero attached hydrogens (tertiary/aromatic N) is 2. The fourth-order valence-corrected chi connectivity index (χ4v) is 1.60. The molecule has 0 fully saturated rings. The lowest BCUT2D eigenvalue weighted by Gasteiger charge is -2.22. The molecule has 0 aliphatic carbocycles. The molecule has 2 N–H and O–H groups in total. The number of hydrogen-bond donors (Lipinski definition) is 2. The molecule has 108 valence electrons. The van der Waals surface area contributed by atoms with E-state index in [2.05, 4.69) is 5.32 Å². The number of hydrogen-bond acceptors (Lipinski definition) is 4. The summed E-state index contributed by atoms with van der Waals surface area (Å²) < 4.78 is 5.25. The normalized spacial score (nSPS) is 11.5. The minimum absolute atomic E-state index is 0.0838. The molecule has 1 heterocycles. The number of rotatable bonds is 5. The second kappa shape index (κ2) is 6.61. The smallest absolute Gasteiger partial charge is 0.339 e. The van der Waals surface area contributed by atoms with Crippen molar-refractivity contribution in [1.29, 1.82) is 5.26 Å². The maximum Gasteiger partial charge on any atom is 0.339 e. The van der Waals surface area contributed by atoms with E-state index in [9.17, 15) is 9.59 Å². The zero-order valence-electron chi connectivity index (χ0n) is 11.6. The van der Waals surface area contributed by atoms with Crippen LogP contribution in [0.25, 0.3) is 0 Å². The molecule has 0 saturated carbocycles. The first-order valence-corrected chi connectivity index (χ1v) is 6.07. The van der Waals surface area contributed by atoms with E-state index in [-0.39, 0.29) is 30.6 Å². The first-order valence-electron chi connectivity index (χ1n) is 6.07. The standard InChI is InChI=1S/C13H17N3O4/c1-8(4-5-14)16(3)13(19)15-7-10-6-11(12(17)18)9(2)20-10/h6,8H,4,7H2,1-3H3,(H,15,19)(H,17,18). The molecule has 0 aromatic carbocycles. The van der Waals surface area contributed by atoms with Crippen LogP contribution in [0.4, 0.5) is 4.79 Å². The Kier molecular flexibility index (Phi) is 5.15. The lowest BCUT2D eigenvalue weighted by atomic mass is 10.2. The summed E-state index contributed by atoms with van der Waals surface area (Å²) in [6.07, 6.45) is 0.243. The molecular weight excluding hydrogens is 262 g/mol. The summed E-state index contributed by atoms with van der Waals surface area (Å²) in [5.74, 6) is -0.397. The van der Waals surface area contributed by atoms with E-state index in [1.807, 2.05) is 6.07 Å². The first kappa shape index (κ1) is 15.6. The Labute approximate surface area is 116 Å². The number of carboxylic acids is 1. The number of carbonyl (C=O) groups excluding carboxylic acids is 1. The molecule has 7 nitrogen and oxygen atoms in total. The van der Waals surface area contributed by atoms with Crippen LogP contribution in [0.1, 0.15) is 35.2 Å². The van der Waals surface area contributed by atoms with E-state index in [4.69, 9.17) is 14.8 Å². The van der Waals surface area contributed by atoms with Crippen molar-refractivity contribution in [2.24, 2.45) is 0 Å². The third-order valence-electron chi connectivity index (χ3n) is 2.98. The second-order valence-corrected chi connectivity index (χ2v) is 4.47. The Balaban J connectivity index is 2.59. The van der Waals surface area contributed by atoms with Crippen LogP contribution in [-0.4, -0.2) is 35.1 Å². The van der Waals surface area contributed by atoms with Gasteiger partial charge in [-0.25, -0.2) is 9.59 Å². The number of carboxylic acid groups (broad SMARTS) is 1. The minimum Gasteiger partial charge on any atom is -0.478 e. The van der Waals surface area contributed by atoms with Gasteiger partial charge in [0, 0.05) is 13.1 Å². The second-order valence-electron chi connectivity index (χ2n) is 4.47. The summed E-state index contributed by atoms with van der Waals surface area (Å²) in [4.78, 5) is 24.1. The summed E-state index contributed by atoms with van der Waals surface area (Å²) in [6.45, 7) is 3.41. The van der Waals surface area contributed by atoms with Crippen molar-refractivity contribution in [3.05, 3.63) is 23.2 Å². The van der Waals surface area contributed by atoms with Gasteiger partial charge in [0.25, 0.3) is 0 Å². The molecule has 1 aromatic heterocycles. The molecule has 0 saturated heterocycles. The van der Waals surface area contributed by atoms with Gasteiger partial charge in [-0.1, -0.05) is 0 Å². The van der Waals surface area contributed by atoms with Crippen LogP contribution in [-0.2, 0) is 6.54 Å². The topological polar surface area (TPSA) is 107 Å². The van der Waals surface area contributed by atoms with Gasteiger partial charge in [0.05, 0.1) is 19.0 Å². The zero-order chi connectivity index (χ0) is 15.3. The van der Waals surface area contributed by atoms with Gasteiger partial charge in [0.15, 0.2) is 0 Å². The lowest BCUT2D eigenvalue weighted by molar-refractivity contribution is 0.0695. The maximum absolute atomic E-state index is 11.8. The Bertz CT molecular complexity index is 544. The molecule has 0 bridgehead atoms. The van der Waals surface area contributed by atoms with Gasteiger partial charge in [-0.2, -0.15) is 5.26 Å². The highest BCUT2D eigenvalue weighted by Crippen LogP contribution is 2.14. The highest BCUT2D eigenvalue weighted by molar-refractivity contribution is 5.88. The van der Waals surface area contributed by atoms with E-state index in [0.29, 0.717) is 11.5 Å². The third-order valence-corrected chi connectivity index (χ3v) is 2.98. The highest BCUT2D eigenvalue weighted by Gasteiger charge is 2.17. The van der Waals surface area contributed by atoms with Gasteiger partial charge in [0.1, 0.15) is 17.1 Å². The van der Waals surface area contributed by atoms with Crippen molar-refractivity contribution in [2.75, 3.05) is 7.05 Å². The Morgan fingerprint density at radius 1 is 1.60 bits per heavy atom. The summed E-state index contributed by atoms with van der Waals surface area (Å²) in [7, 11) is 1.59. The number of nitrogens with one attached hydrogen (secondary N) is 1. The van der Waals surface area contributed by atoms with Crippen LogP contribution in [0.5, 0.6) is 0 Å². The highest BCUT2D eigenvalue weighted by atomic mass is 16.4. The van der Waals surface area contributed by atoms with E-state index >= 15 is 0 Å². The van der Waals surface area contributed by atoms with E-state index in [1.165, 1.54) is 11.0 Å². The van der Waals surface area contributed by atoms with Gasteiger partial charge in [-0.3, -0.25) is 0 Å². The molecule has 20 heavy (non-hydrogen) atoms. The summed E-state index contributed by atoms with van der Waals surface area (Å²) in [5.41, 5.74) is 0.0838. The largest absolute Gasteiger partial charge is 0.478 e. The molecule has 1 unspecified atom stereocenters. The number of amides is 2. The number of aromatic carboxylic acids is 1. The van der Waals surface area contributed by atoms with Crippen molar-refractivity contribution >= 4 is 12.0 Å². The van der Waals surface area contributed by atoms with Gasteiger partial charge in [0.2, 0.25) is 0 Å². The summed E-state index contributed by atoms with van der Waals surface area (Å²) in [5, 5.41) is 20.1. The van der Waals surface area contributed by atoms with Crippen LogP contribution in [0.3, 0.4) is 0 Å². The van der Waals surface area contributed by atoms with E-state index < -0.39 is 5.97 Å². The molecule has 0 aliphatic heterocycles. The third kappa shape index (κ3) is 3.75. The summed E-state index contributed by atoms with van der Waals surface area (Å²) >= 11 is 0. The van der Waals surface area contributed by atoms with Crippen molar-refractivity contribution in [3.63, 3.8) is 0 Å². The fourth-order valence-electron chi connectivity index (χ4n) is 1.60. The molecule has 0 radical (unpaired) electrons. The van der Waals surface area contributed by atoms with Gasteiger partial charge in [-0.05, 0) is 19.9 Å². The zero-order valence-corrected chi connectivity index (χ0v) is 11.6. The number of carbonyl (C=O) groups is 2. The van der Waals surface area contributed by atoms with Crippen molar-refractivity contribution in [1.82, 2.24) is 10.2 Å². The van der Waals surface area contributed by atoms with Gasteiger partial charge < -0.3 is 19.7 Å². The van der Waals surface area contributed by atoms with Crippen LogP contribution in [0.15, 0.2) is 10.5 Å². The Hall–Kier alpha value is -2.49. The molecule has 1 rings (SSSR count). The number of furan rings is 1. The molecule has 2 amide bonds. The predicted octanol–water partition coefficient (Wildman–Crippen LogP) is 1.73. The average molecular weight is 279 g/mol. The summed E-state index contributed by atoms with van der Waals surface area (Å²) in [6, 6.07) is 2.83. The van der Waals surface area contributed by atoms with Gasteiger partial charge in [-0.15, -0.1) is 0 Å².